The van der Waals surface area contributed by atoms with E-state index in [1.165, 1.54) is 6.07 Å². The summed E-state index contributed by atoms with van der Waals surface area (Å²) in [5.41, 5.74) is 1.98. The zero-order valence-corrected chi connectivity index (χ0v) is 9.25. The molecule has 0 fully saturated rings. The monoisotopic (exact) mass is 229 g/mol. The lowest BCUT2D eigenvalue weighted by Gasteiger charge is -2.07. The summed E-state index contributed by atoms with van der Waals surface area (Å²) in [7, 11) is 0. The number of aromatic hydroxyl groups is 1. The molecule has 0 saturated heterocycles. The van der Waals surface area contributed by atoms with Crippen LogP contribution >= 0.6 is 0 Å². The average molecular weight is 229 g/mol. The van der Waals surface area contributed by atoms with Crippen molar-refractivity contribution in [3.63, 3.8) is 0 Å². The highest BCUT2D eigenvalue weighted by atomic mass is 16.6. The third-order valence-electron chi connectivity index (χ3n) is 2.69. The number of nitro groups is 1. The Kier molecular flexibility index (Phi) is 2.78. The van der Waals surface area contributed by atoms with E-state index in [4.69, 9.17) is 0 Å². The van der Waals surface area contributed by atoms with E-state index in [0.717, 1.165) is 11.1 Å². The maximum atomic E-state index is 10.7. The van der Waals surface area contributed by atoms with Crippen LogP contribution in [0.4, 0.5) is 5.69 Å². The van der Waals surface area contributed by atoms with Gasteiger partial charge in [-0.25, -0.2) is 0 Å². The predicted molar refractivity (Wildman–Crippen MR) is 64.9 cm³/mol. The molecule has 0 saturated carbocycles. The van der Waals surface area contributed by atoms with Crippen molar-refractivity contribution in [1.82, 2.24) is 0 Å². The molecule has 0 aliphatic carbocycles. The fraction of sp³-hybridized carbons (Fsp3) is 0.0769. The molecule has 0 bridgehead atoms. The Bertz CT molecular complexity index is 564. The molecule has 4 nitrogen and oxygen atoms in total. The normalized spacial score (nSPS) is 10.2. The number of nitrogens with zero attached hydrogens (tertiary/aromatic N) is 1. The Balaban J connectivity index is 2.60. The first-order valence-corrected chi connectivity index (χ1v) is 5.13. The third-order valence-corrected chi connectivity index (χ3v) is 2.69. The van der Waals surface area contributed by atoms with Crippen molar-refractivity contribution >= 4 is 5.69 Å². The molecule has 0 atom stereocenters. The van der Waals surface area contributed by atoms with Crippen molar-refractivity contribution in [1.29, 1.82) is 0 Å². The topological polar surface area (TPSA) is 63.4 Å². The number of phenols is 1. The minimum Gasteiger partial charge on any atom is -0.502 e. The van der Waals surface area contributed by atoms with Gasteiger partial charge in [0.05, 0.1) is 4.92 Å². The van der Waals surface area contributed by atoms with E-state index in [1.54, 1.807) is 13.0 Å². The van der Waals surface area contributed by atoms with Crippen LogP contribution in [0.5, 0.6) is 5.75 Å². The van der Waals surface area contributed by atoms with Crippen LogP contribution in [-0.2, 0) is 0 Å². The van der Waals surface area contributed by atoms with Crippen molar-refractivity contribution in [2.75, 3.05) is 0 Å². The molecule has 0 spiro atoms. The van der Waals surface area contributed by atoms with Gasteiger partial charge >= 0.3 is 5.69 Å². The summed E-state index contributed by atoms with van der Waals surface area (Å²) in [6, 6.07) is 12.4. The van der Waals surface area contributed by atoms with E-state index in [-0.39, 0.29) is 11.4 Å². The maximum absolute atomic E-state index is 10.7. The molecule has 1 N–H and O–H groups in total. The van der Waals surface area contributed by atoms with Crippen LogP contribution in [0.3, 0.4) is 0 Å². The molecule has 0 amide bonds. The van der Waals surface area contributed by atoms with Crippen molar-refractivity contribution in [2.24, 2.45) is 0 Å². The van der Waals surface area contributed by atoms with Gasteiger partial charge in [0.2, 0.25) is 0 Å². The Hall–Kier alpha value is -2.36. The Morgan fingerprint density at radius 1 is 1.12 bits per heavy atom. The quantitative estimate of drug-likeness (QED) is 0.634. The fourth-order valence-corrected chi connectivity index (χ4v) is 1.76. The second kappa shape index (κ2) is 4.25. The van der Waals surface area contributed by atoms with Gasteiger partial charge in [-0.2, -0.15) is 0 Å². The first-order valence-electron chi connectivity index (χ1n) is 5.13. The first kappa shape index (κ1) is 11.1. The Morgan fingerprint density at radius 2 is 1.76 bits per heavy atom. The molecule has 2 rings (SSSR count). The van der Waals surface area contributed by atoms with Gasteiger partial charge < -0.3 is 5.11 Å². The minimum absolute atomic E-state index is 0.262. The number of nitro benzene ring substituents is 1. The van der Waals surface area contributed by atoms with Crippen molar-refractivity contribution in [3.8, 4) is 16.9 Å². The number of benzene rings is 2. The molecule has 0 aliphatic heterocycles. The van der Waals surface area contributed by atoms with Crippen LogP contribution < -0.4 is 0 Å². The summed E-state index contributed by atoms with van der Waals surface area (Å²) in [5, 5.41) is 20.4. The first-order chi connectivity index (χ1) is 8.11. The number of hydrogen-bond donors (Lipinski definition) is 1. The molecular weight excluding hydrogens is 218 g/mol. The molecule has 2 aromatic rings. The number of hydrogen-bond acceptors (Lipinski definition) is 3. The lowest BCUT2D eigenvalue weighted by molar-refractivity contribution is -0.385. The summed E-state index contributed by atoms with van der Waals surface area (Å²) in [4.78, 5) is 10.1. The highest BCUT2D eigenvalue weighted by Gasteiger charge is 2.17. The highest BCUT2D eigenvalue weighted by Crippen LogP contribution is 2.36. The minimum atomic E-state index is -0.586. The Morgan fingerprint density at radius 3 is 2.35 bits per heavy atom. The molecule has 0 radical (unpaired) electrons. The van der Waals surface area contributed by atoms with Crippen LogP contribution in [0.25, 0.3) is 11.1 Å². The van der Waals surface area contributed by atoms with Crippen molar-refractivity contribution in [3.05, 3.63) is 58.1 Å². The summed E-state index contributed by atoms with van der Waals surface area (Å²) in [6.07, 6.45) is 0. The van der Waals surface area contributed by atoms with E-state index in [1.807, 2.05) is 30.3 Å². The van der Waals surface area contributed by atoms with Gasteiger partial charge in [-0.3, -0.25) is 10.1 Å². The summed E-state index contributed by atoms with van der Waals surface area (Å²) < 4.78 is 0. The van der Waals surface area contributed by atoms with Crippen LogP contribution in [0.2, 0.25) is 0 Å². The van der Waals surface area contributed by atoms with Gasteiger partial charge in [0.25, 0.3) is 0 Å². The lowest BCUT2D eigenvalue weighted by Crippen LogP contribution is -1.92. The van der Waals surface area contributed by atoms with Crippen LogP contribution in [0, 0.1) is 17.0 Å². The van der Waals surface area contributed by atoms with Gasteiger partial charge in [0.15, 0.2) is 5.75 Å². The van der Waals surface area contributed by atoms with Gasteiger partial charge in [-0.05, 0) is 24.1 Å². The summed E-state index contributed by atoms with van der Waals surface area (Å²) in [6.45, 7) is 1.67. The molecule has 17 heavy (non-hydrogen) atoms. The number of phenolic OH excluding ortho intramolecular Hbond substituents is 1. The molecule has 86 valence electrons. The fourth-order valence-electron chi connectivity index (χ4n) is 1.76. The van der Waals surface area contributed by atoms with Gasteiger partial charge in [0, 0.05) is 11.6 Å². The van der Waals surface area contributed by atoms with E-state index in [9.17, 15) is 15.2 Å². The van der Waals surface area contributed by atoms with E-state index in [0.29, 0.717) is 5.56 Å². The van der Waals surface area contributed by atoms with E-state index >= 15 is 0 Å². The maximum Gasteiger partial charge on any atom is 0.311 e. The molecule has 0 aromatic heterocycles. The van der Waals surface area contributed by atoms with Crippen LogP contribution in [0.15, 0.2) is 42.5 Å². The predicted octanol–water partition coefficient (Wildman–Crippen LogP) is 3.28. The van der Waals surface area contributed by atoms with Gasteiger partial charge in [-0.1, -0.05) is 30.3 Å². The molecule has 0 heterocycles. The third kappa shape index (κ3) is 1.97. The van der Waals surface area contributed by atoms with E-state index in [2.05, 4.69) is 0 Å². The molecule has 0 unspecified atom stereocenters. The van der Waals surface area contributed by atoms with Crippen molar-refractivity contribution < 1.29 is 10.0 Å². The highest BCUT2D eigenvalue weighted by molar-refractivity contribution is 5.72. The van der Waals surface area contributed by atoms with Crippen LogP contribution in [-0.4, -0.2) is 10.0 Å². The smallest absolute Gasteiger partial charge is 0.311 e. The second-order valence-corrected chi connectivity index (χ2v) is 3.73. The van der Waals surface area contributed by atoms with E-state index < -0.39 is 4.92 Å². The van der Waals surface area contributed by atoms with Gasteiger partial charge in [-0.15, -0.1) is 0 Å². The summed E-state index contributed by atoms with van der Waals surface area (Å²) in [5.74, 6) is -0.267. The number of rotatable bonds is 2. The lowest BCUT2D eigenvalue weighted by atomic mass is 9.99. The Labute approximate surface area is 98.3 Å². The zero-order chi connectivity index (χ0) is 12.4. The zero-order valence-electron chi connectivity index (χ0n) is 9.25. The van der Waals surface area contributed by atoms with Crippen molar-refractivity contribution in [2.45, 2.75) is 6.92 Å². The molecule has 2 aromatic carbocycles. The van der Waals surface area contributed by atoms with Crippen LogP contribution in [0.1, 0.15) is 5.56 Å². The summed E-state index contributed by atoms with van der Waals surface area (Å²) >= 11 is 0. The standard InChI is InChI=1S/C13H11NO3/c1-9-11(10-5-3-2-4-6-10)7-8-12(13(9)15)14(16)17/h2-8,15H,1H3. The second-order valence-electron chi connectivity index (χ2n) is 3.73. The average Bonchev–Trinajstić information content (AvgIpc) is 2.33. The molecular formula is C13H11NO3. The SMILES string of the molecule is Cc1c(-c2ccccc2)ccc([N+](=O)[O-])c1O. The molecule has 4 heteroatoms. The molecule has 0 aliphatic rings. The van der Waals surface area contributed by atoms with Gasteiger partial charge in [0.1, 0.15) is 0 Å². The largest absolute Gasteiger partial charge is 0.502 e.